The molecule has 0 bridgehead atoms. The lowest BCUT2D eigenvalue weighted by atomic mass is 10.1. The van der Waals surface area contributed by atoms with Gasteiger partial charge >= 0.3 is 0 Å². The number of anilines is 1. The third kappa shape index (κ3) is 5.15. The summed E-state index contributed by atoms with van der Waals surface area (Å²) >= 11 is 0. The molecule has 1 aromatic heterocycles. The molecular formula is C25H27N3O3. The first-order chi connectivity index (χ1) is 15.1. The Bertz CT molecular complexity index is 1010. The number of pyridine rings is 1. The van der Waals surface area contributed by atoms with Crippen LogP contribution in [-0.2, 0) is 4.79 Å². The average molecular weight is 418 g/mol. The van der Waals surface area contributed by atoms with Crippen molar-refractivity contribution in [3.63, 3.8) is 0 Å². The van der Waals surface area contributed by atoms with Crippen LogP contribution in [0.4, 0.5) is 5.69 Å². The molecule has 1 amide bonds. The molecule has 6 nitrogen and oxygen atoms in total. The third-order valence-corrected chi connectivity index (χ3v) is 5.60. The van der Waals surface area contributed by atoms with Crippen molar-refractivity contribution in [1.29, 1.82) is 0 Å². The topological polar surface area (TPSA) is 54.9 Å². The zero-order chi connectivity index (χ0) is 21.6. The van der Waals surface area contributed by atoms with Gasteiger partial charge in [0.25, 0.3) is 5.91 Å². The summed E-state index contributed by atoms with van der Waals surface area (Å²) in [6, 6.07) is 19.1. The predicted molar refractivity (Wildman–Crippen MR) is 121 cm³/mol. The normalized spacial score (nSPS) is 13.7. The number of benzene rings is 2. The molecule has 0 aliphatic carbocycles. The first kappa shape index (κ1) is 20.7. The van der Waals surface area contributed by atoms with Crippen LogP contribution in [0.15, 0.2) is 66.9 Å². The van der Waals surface area contributed by atoms with E-state index in [9.17, 15) is 4.79 Å². The minimum Gasteiger partial charge on any atom is -0.484 e. The summed E-state index contributed by atoms with van der Waals surface area (Å²) in [6.45, 7) is 7.38. The molecule has 0 spiro atoms. The summed E-state index contributed by atoms with van der Waals surface area (Å²) in [6.07, 6.45) is 1.68. The van der Waals surface area contributed by atoms with Crippen LogP contribution in [0.1, 0.15) is 11.1 Å². The molecule has 1 aliphatic heterocycles. The van der Waals surface area contributed by atoms with Gasteiger partial charge in [0.15, 0.2) is 6.61 Å². The van der Waals surface area contributed by atoms with Crippen LogP contribution in [0.3, 0.4) is 0 Å². The fourth-order valence-corrected chi connectivity index (χ4v) is 3.64. The van der Waals surface area contributed by atoms with Crippen LogP contribution >= 0.6 is 0 Å². The second kappa shape index (κ2) is 9.51. The van der Waals surface area contributed by atoms with E-state index in [-0.39, 0.29) is 12.5 Å². The number of rotatable bonds is 6. The van der Waals surface area contributed by atoms with E-state index in [2.05, 4.69) is 41.9 Å². The smallest absolute Gasteiger partial charge is 0.260 e. The van der Waals surface area contributed by atoms with E-state index in [1.165, 1.54) is 16.8 Å². The quantitative estimate of drug-likeness (QED) is 0.601. The standard InChI is InChI=1S/C25H27N3O3/c1-19-6-5-7-23(20(19)2)27-14-16-28(17-15-27)25(29)18-30-21-9-11-22(12-10-21)31-24-8-3-4-13-26-24/h3-13H,14-18H2,1-2H3. The number of hydrogen-bond donors (Lipinski definition) is 0. The molecule has 4 rings (SSSR count). The Labute approximate surface area is 183 Å². The van der Waals surface area contributed by atoms with Crippen molar-refractivity contribution < 1.29 is 14.3 Å². The number of carbonyl (C=O) groups excluding carboxylic acids is 1. The van der Waals surface area contributed by atoms with Gasteiger partial charge in [-0.05, 0) is 61.4 Å². The Morgan fingerprint density at radius 2 is 1.65 bits per heavy atom. The zero-order valence-corrected chi connectivity index (χ0v) is 18.0. The summed E-state index contributed by atoms with van der Waals surface area (Å²) < 4.78 is 11.4. The van der Waals surface area contributed by atoms with Crippen molar-refractivity contribution in [2.45, 2.75) is 13.8 Å². The Morgan fingerprint density at radius 3 is 2.35 bits per heavy atom. The van der Waals surface area contributed by atoms with Crippen LogP contribution in [-0.4, -0.2) is 48.6 Å². The van der Waals surface area contributed by atoms with Gasteiger partial charge in [0.05, 0.1) is 0 Å². The molecule has 3 aromatic rings. The Morgan fingerprint density at radius 1 is 0.903 bits per heavy atom. The minimum absolute atomic E-state index is 0.00873. The van der Waals surface area contributed by atoms with E-state index in [0.29, 0.717) is 30.5 Å². The maximum atomic E-state index is 12.6. The molecule has 2 aromatic carbocycles. The highest BCUT2D eigenvalue weighted by Gasteiger charge is 2.22. The Kier molecular flexibility index (Phi) is 6.36. The molecular weight excluding hydrogens is 390 g/mol. The van der Waals surface area contributed by atoms with Crippen LogP contribution in [0.2, 0.25) is 0 Å². The van der Waals surface area contributed by atoms with E-state index in [1.807, 2.05) is 17.0 Å². The largest absolute Gasteiger partial charge is 0.484 e. The van der Waals surface area contributed by atoms with Crippen LogP contribution in [0.5, 0.6) is 17.4 Å². The fourth-order valence-electron chi connectivity index (χ4n) is 3.64. The highest BCUT2D eigenvalue weighted by molar-refractivity contribution is 5.78. The summed E-state index contributed by atoms with van der Waals surface area (Å²) in [5.74, 6) is 1.84. The zero-order valence-electron chi connectivity index (χ0n) is 18.0. The predicted octanol–water partition coefficient (Wildman–Crippen LogP) is 4.22. The summed E-state index contributed by atoms with van der Waals surface area (Å²) in [7, 11) is 0. The first-order valence-corrected chi connectivity index (χ1v) is 10.5. The molecule has 0 unspecified atom stereocenters. The minimum atomic E-state index is 0.00873. The molecule has 160 valence electrons. The molecule has 0 radical (unpaired) electrons. The SMILES string of the molecule is Cc1cccc(N2CCN(C(=O)COc3ccc(Oc4ccccn4)cc3)CC2)c1C. The Hall–Kier alpha value is -3.54. The van der Waals surface area contributed by atoms with Gasteiger partial charge in [0, 0.05) is 44.1 Å². The van der Waals surface area contributed by atoms with Crippen molar-refractivity contribution in [3.8, 4) is 17.4 Å². The Balaban J connectivity index is 1.25. The van der Waals surface area contributed by atoms with Gasteiger partial charge in [-0.2, -0.15) is 0 Å². The number of hydrogen-bond acceptors (Lipinski definition) is 5. The first-order valence-electron chi connectivity index (χ1n) is 10.5. The van der Waals surface area contributed by atoms with E-state index in [0.717, 1.165) is 13.1 Å². The maximum absolute atomic E-state index is 12.6. The molecule has 1 saturated heterocycles. The number of nitrogens with zero attached hydrogens (tertiary/aromatic N) is 3. The second-order valence-electron chi connectivity index (χ2n) is 7.62. The maximum Gasteiger partial charge on any atom is 0.260 e. The van der Waals surface area contributed by atoms with Crippen LogP contribution < -0.4 is 14.4 Å². The van der Waals surface area contributed by atoms with Crippen molar-refractivity contribution >= 4 is 11.6 Å². The molecule has 0 saturated carbocycles. The summed E-state index contributed by atoms with van der Waals surface area (Å²) in [5.41, 5.74) is 3.86. The van der Waals surface area contributed by atoms with Crippen molar-refractivity contribution in [2.24, 2.45) is 0 Å². The van der Waals surface area contributed by atoms with E-state index in [4.69, 9.17) is 9.47 Å². The summed E-state index contributed by atoms with van der Waals surface area (Å²) in [4.78, 5) is 21.0. The van der Waals surface area contributed by atoms with Gasteiger partial charge in [0.1, 0.15) is 11.5 Å². The molecule has 0 N–H and O–H groups in total. The lowest BCUT2D eigenvalue weighted by Crippen LogP contribution is -2.50. The summed E-state index contributed by atoms with van der Waals surface area (Å²) in [5, 5.41) is 0. The number of amides is 1. The van der Waals surface area contributed by atoms with Crippen molar-refractivity contribution in [1.82, 2.24) is 9.88 Å². The van der Waals surface area contributed by atoms with Gasteiger partial charge in [0.2, 0.25) is 5.88 Å². The number of carbonyl (C=O) groups is 1. The molecule has 0 atom stereocenters. The highest BCUT2D eigenvalue weighted by Crippen LogP contribution is 2.24. The van der Waals surface area contributed by atoms with E-state index < -0.39 is 0 Å². The third-order valence-electron chi connectivity index (χ3n) is 5.60. The van der Waals surface area contributed by atoms with Gasteiger partial charge < -0.3 is 19.3 Å². The van der Waals surface area contributed by atoms with Gasteiger partial charge in [-0.1, -0.05) is 18.2 Å². The molecule has 6 heteroatoms. The highest BCUT2D eigenvalue weighted by atomic mass is 16.5. The van der Waals surface area contributed by atoms with Gasteiger partial charge in [-0.15, -0.1) is 0 Å². The van der Waals surface area contributed by atoms with E-state index in [1.54, 1.807) is 36.5 Å². The van der Waals surface area contributed by atoms with Gasteiger partial charge in [-0.25, -0.2) is 4.98 Å². The monoisotopic (exact) mass is 417 g/mol. The number of aryl methyl sites for hydroxylation is 1. The van der Waals surface area contributed by atoms with Crippen molar-refractivity contribution in [2.75, 3.05) is 37.7 Å². The molecule has 31 heavy (non-hydrogen) atoms. The number of piperazine rings is 1. The average Bonchev–Trinajstić information content (AvgIpc) is 2.81. The van der Waals surface area contributed by atoms with Gasteiger partial charge in [-0.3, -0.25) is 4.79 Å². The molecule has 1 fully saturated rings. The van der Waals surface area contributed by atoms with E-state index >= 15 is 0 Å². The second-order valence-corrected chi connectivity index (χ2v) is 7.62. The lowest BCUT2D eigenvalue weighted by molar-refractivity contribution is -0.133. The van der Waals surface area contributed by atoms with Crippen molar-refractivity contribution in [3.05, 3.63) is 78.0 Å². The molecule has 2 heterocycles. The van der Waals surface area contributed by atoms with Crippen LogP contribution in [0, 0.1) is 13.8 Å². The molecule has 1 aliphatic rings. The fraction of sp³-hybridized carbons (Fsp3) is 0.280. The number of ether oxygens (including phenoxy) is 2. The lowest BCUT2D eigenvalue weighted by Gasteiger charge is -2.37. The number of aromatic nitrogens is 1. The van der Waals surface area contributed by atoms with Crippen LogP contribution in [0.25, 0.3) is 0 Å².